The first kappa shape index (κ1) is 14.7. The van der Waals surface area contributed by atoms with E-state index in [1.165, 1.54) is 0 Å². The molecule has 0 aromatic carbocycles. The van der Waals surface area contributed by atoms with Crippen molar-refractivity contribution in [3.8, 4) is 0 Å². The normalized spacial score (nSPS) is 13.4. The van der Waals surface area contributed by atoms with Gasteiger partial charge in [-0.1, -0.05) is 27.7 Å². The summed E-state index contributed by atoms with van der Waals surface area (Å²) in [4.78, 5) is 13.8. The summed E-state index contributed by atoms with van der Waals surface area (Å²) in [5.74, 6) is -0.167. The van der Waals surface area contributed by atoms with Gasteiger partial charge in [0.15, 0.2) is 0 Å². The number of H-pyrrole nitrogens is 1. The van der Waals surface area contributed by atoms with Crippen molar-refractivity contribution in [2.24, 2.45) is 5.41 Å². The number of aliphatic hydroxyl groups excluding tert-OH is 1. The van der Waals surface area contributed by atoms with E-state index in [-0.39, 0.29) is 24.0 Å². The molecule has 0 fully saturated rings. The van der Waals surface area contributed by atoms with Crippen molar-refractivity contribution in [1.82, 2.24) is 15.1 Å². The first-order valence-corrected chi connectivity index (χ1v) is 6.23. The van der Waals surface area contributed by atoms with Crippen molar-refractivity contribution in [3.63, 3.8) is 0 Å². The topological polar surface area (TPSA) is 69.2 Å². The van der Waals surface area contributed by atoms with Crippen molar-refractivity contribution in [2.75, 3.05) is 13.7 Å². The zero-order valence-electron chi connectivity index (χ0n) is 11.8. The lowest BCUT2D eigenvalue weighted by atomic mass is 9.86. The number of aliphatic hydroxyl groups is 1. The van der Waals surface area contributed by atoms with Crippen LogP contribution < -0.4 is 0 Å². The molecule has 0 aliphatic heterocycles. The Hall–Kier alpha value is -1.36. The fourth-order valence-electron chi connectivity index (χ4n) is 1.95. The number of likely N-dealkylation sites (N-methyl/N-ethyl adjacent to an activating group) is 1. The van der Waals surface area contributed by atoms with E-state index in [9.17, 15) is 9.90 Å². The molecule has 1 aromatic rings. The molecule has 2 N–H and O–H groups in total. The number of aromatic nitrogens is 2. The lowest BCUT2D eigenvalue weighted by Gasteiger charge is -2.36. The van der Waals surface area contributed by atoms with Gasteiger partial charge in [0.25, 0.3) is 5.91 Å². The fraction of sp³-hybridized carbons (Fsp3) is 0.692. The molecule has 1 atom stereocenters. The molecule has 0 aliphatic carbocycles. The van der Waals surface area contributed by atoms with Gasteiger partial charge in [-0.25, -0.2) is 0 Å². The summed E-state index contributed by atoms with van der Waals surface area (Å²) < 4.78 is 0. The van der Waals surface area contributed by atoms with Crippen LogP contribution in [0.25, 0.3) is 0 Å². The zero-order chi connectivity index (χ0) is 13.9. The second-order valence-electron chi connectivity index (χ2n) is 5.61. The minimum absolute atomic E-state index is 0.0587. The first-order chi connectivity index (χ1) is 8.31. The summed E-state index contributed by atoms with van der Waals surface area (Å²) in [7, 11) is 1.70. The summed E-state index contributed by atoms with van der Waals surface area (Å²) in [6, 6.07) is 1.53. The van der Waals surface area contributed by atoms with E-state index in [1.54, 1.807) is 18.0 Å². The Morgan fingerprint density at radius 2 is 2.17 bits per heavy atom. The molecule has 0 spiro atoms. The number of amides is 1. The van der Waals surface area contributed by atoms with Crippen LogP contribution in [0.3, 0.4) is 0 Å². The maximum atomic E-state index is 12.3. The number of aromatic amines is 1. The lowest BCUT2D eigenvalue weighted by Crippen LogP contribution is -2.47. The van der Waals surface area contributed by atoms with Crippen molar-refractivity contribution >= 4 is 5.91 Å². The van der Waals surface area contributed by atoms with Crippen LogP contribution in [0.1, 0.15) is 43.9 Å². The molecule has 1 heterocycles. The minimum atomic E-state index is -0.230. The molecule has 0 saturated heterocycles. The first-order valence-electron chi connectivity index (χ1n) is 6.23. The smallest absolute Gasteiger partial charge is 0.274 e. The summed E-state index contributed by atoms with van der Waals surface area (Å²) in [6.45, 7) is 7.94. The number of nitrogens with one attached hydrogen (secondary N) is 1. The molecule has 1 aromatic heterocycles. The van der Waals surface area contributed by atoms with Crippen LogP contribution in [-0.4, -0.2) is 45.8 Å². The highest BCUT2D eigenvalue weighted by Crippen LogP contribution is 2.24. The van der Waals surface area contributed by atoms with Gasteiger partial charge in [-0.3, -0.25) is 9.89 Å². The highest BCUT2D eigenvalue weighted by molar-refractivity contribution is 5.92. The number of aryl methyl sites for hydroxylation is 1. The Bertz CT molecular complexity index is 407. The average molecular weight is 253 g/mol. The number of rotatable bonds is 4. The molecule has 1 rings (SSSR count). The van der Waals surface area contributed by atoms with E-state index >= 15 is 0 Å². The molecule has 0 unspecified atom stereocenters. The molecule has 5 nitrogen and oxygen atoms in total. The predicted octanol–water partition coefficient (Wildman–Crippen LogP) is 1.45. The van der Waals surface area contributed by atoms with E-state index in [0.29, 0.717) is 5.69 Å². The maximum absolute atomic E-state index is 12.3. The third-order valence-corrected chi connectivity index (χ3v) is 3.19. The molecular weight excluding hydrogens is 230 g/mol. The van der Waals surface area contributed by atoms with Crippen molar-refractivity contribution < 1.29 is 9.90 Å². The van der Waals surface area contributed by atoms with Gasteiger partial charge in [0, 0.05) is 12.7 Å². The Morgan fingerprint density at radius 1 is 1.56 bits per heavy atom. The van der Waals surface area contributed by atoms with Gasteiger partial charge in [0.2, 0.25) is 0 Å². The van der Waals surface area contributed by atoms with E-state index in [0.717, 1.165) is 12.1 Å². The number of nitrogens with zero attached hydrogens (tertiary/aromatic N) is 2. The van der Waals surface area contributed by atoms with E-state index in [2.05, 4.69) is 10.2 Å². The summed E-state index contributed by atoms with van der Waals surface area (Å²) in [5, 5.41) is 16.3. The molecule has 102 valence electrons. The molecule has 18 heavy (non-hydrogen) atoms. The third-order valence-electron chi connectivity index (χ3n) is 3.19. The second-order valence-corrected chi connectivity index (χ2v) is 5.61. The van der Waals surface area contributed by atoms with Crippen molar-refractivity contribution in [3.05, 3.63) is 17.5 Å². The highest BCUT2D eigenvalue weighted by Gasteiger charge is 2.31. The molecule has 5 heteroatoms. The average Bonchev–Trinajstić information content (AvgIpc) is 2.75. The number of hydrogen-bond acceptors (Lipinski definition) is 3. The van der Waals surface area contributed by atoms with E-state index in [4.69, 9.17) is 0 Å². The van der Waals surface area contributed by atoms with Crippen molar-refractivity contribution in [2.45, 2.75) is 40.2 Å². The molecular formula is C13H23N3O2. The quantitative estimate of drug-likeness (QED) is 0.853. The molecule has 0 saturated carbocycles. The SMILES string of the molecule is CCc1cc(C(=O)N(C)[C@@H](CO)C(C)(C)C)n[nH]1. The van der Waals surface area contributed by atoms with Crippen LogP contribution in [0.4, 0.5) is 0 Å². The lowest BCUT2D eigenvalue weighted by molar-refractivity contribution is 0.0428. The molecule has 1 amide bonds. The van der Waals surface area contributed by atoms with Gasteiger partial charge in [0.1, 0.15) is 5.69 Å². The van der Waals surface area contributed by atoms with Crippen LogP contribution in [0, 0.1) is 5.41 Å². The second kappa shape index (κ2) is 5.52. The van der Waals surface area contributed by atoms with Crippen LogP contribution in [0.15, 0.2) is 6.07 Å². The fourth-order valence-corrected chi connectivity index (χ4v) is 1.95. The molecule has 0 bridgehead atoms. The van der Waals surface area contributed by atoms with Gasteiger partial charge >= 0.3 is 0 Å². The van der Waals surface area contributed by atoms with Crippen LogP contribution >= 0.6 is 0 Å². The standard InChI is InChI=1S/C13H23N3O2/c1-6-9-7-10(15-14-9)12(18)16(5)11(8-17)13(2,3)4/h7,11,17H,6,8H2,1-5H3,(H,14,15)/t11-/m0/s1. The van der Waals surface area contributed by atoms with Gasteiger partial charge in [-0.05, 0) is 17.9 Å². The number of hydrogen-bond donors (Lipinski definition) is 2. The maximum Gasteiger partial charge on any atom is 0.274 e. The largest absolute Gasteiger partial charge is 0.394 e. The van der Waals surface area contributed by atoms with Gasteiger partial charge < -0.3 is 10.0 Å². The van der Waals surface area contributed by atoms with E-state index in [1.807, 2.05) is 27.7 Å². The summed E-state index contributed by atoms with van der Waals surface area (Å²) in [6.07, 6.45) is 0.812. The van der Waals surface area contributed by atoms with E-state index < -0.39 is 0 Å². The molecule has 0 radical (unpaired) electrons. The van der Waals surface area contributed by atoms with Crippen LogP contribution in [0.2, 0.25) is 0 Å². The Kier molecular flexibility index (Phi) is 4.51. The van der Waals surface area contributed by atoms with Crippen LogP contribution in [-0.2, 0) is 6.42 Å². The van der Waals surface area contributed by atoms with Gasteiger partial charge in [0.05, 0.1) is 12.6 Å². The zero-order valence-corrected chi connectivity index (χ0v) is 11.8. The summed E-state index contributed by atoms with van der Waals surface area (Å²) in [5.41, 5.74) is 1.16. The number of carbonyl (C=O) groups excluding carboxylic acids is 1. The van der Waals surface area contributed by atoms with Crippen molar-refractivity contribution in [1.29, 1.82) is 0 Å². The van der Waals surface area contributed by atoms with Crippen LogP contribution in [0.5, 0.6) is 0 Å². The minimum Gasteiger partial charge on any atom is -0.394 e. The predicted molar refractivity (Wildman–Crippen MR) is 70.4 cm³/mol. The Labute approximate surface area is 108 Å². The number of carbonyl (C=O) groups is 1. The van der Waals surface area contributed by atoms with Gasteiger partial charge in [-0.15, -0.1) is 0 Å². The van der Waals surface area contributed by atoms with Gasteiger partial charge in [-0.2, -0.15) is 5.10 Å². The monoisotopic (exact) mass is 253 g/mol. The summed E-state index contributed by atoms with van der Waals surface area (Å²) >= 11 is 0. The Morgan fingerprint density at radius 3 is 2.56 bits per heavy atom. The Balaban J connectivity index is 2.89. The highest BCUT2D eigenvalue weighted by atomic mass is 16.3. The third kappa shape index (κ3) is 3.10. The molecule has 0 aliphatic rings.